The first-order chi connectivity index (χ1) is 14.1. The number of hydrogen-bond donors (Lipinski definition) is 1. The van der Waals surface area contributed by atoms with Crippen molar-refractivity contribution in [2.24, 2.45) is 0 Å². The maximum atomic E-state index is 12.8. The van der Waals surface area contributed by atoms with Crippen LogP contribution in [-0.2, 0) is 17.8 Å². The maximum Gasteiger partial charge on any atom is 0.254 e. The monoisotopic (exact) mass is 388 g/mol. The number of morpholine rings is 1. The van der Waals surface area contributed by atoms with Crippen LogP contribution >= 0.6 is 0 Å². The van der Waals surface area contributed by atoms with Crippen LogP contribution in [0.1, 0.15) is 35.3 Å². The third-order valence-electron chi connectivity index (χ3n) is 5.43. The van der Waals surface area contributed by atoms with E-state index in [4.69, 9.17) is 4.74 Å². The molecule has 1 aliphatic rings. The molecule has 0 aromatic heterocycles. The zero-order valence-electron chi connectivity index (χ0n) is 17.1. The number of fused-ring (bicyclic) bond motifs is 1. The molecule has 4 heteroatoms. The second-order valence-electron chi connectivity index (χ2n) is 7.91. The minimum absolute atomic E-state index is 0.0836. The molecule has 0 radical (unpaired) electrons. The molecule has 0 aliphatic carbocycles. The second kappa shape index (κ2) is 8.76. The summed E-state index contributed by atoms with van der Waals surface area (Å²) in [5.41, 5.74) is 3.21. The smallest absolute Gasteiger partial charge is 0.254 e. The molecule has 4 nitrogen and oxygen atoms in total. The standard InChI is InChI=1S/C25H28N2O2/c1-18-16-27(17-19(2)29-18)25(28)22-12-10-20(11-13-22)14-26-15-23-8-5-7-21-6-3-4-9-24(21)23/h3-13,18-19,26H,14-17H2,1-2H3. The van der Waals surface area contributed by atoms with Gasteiger partial charge in [0.1, 0.15) is 0 Å². The van der Waals surface area contributed by atoms with Crippen molar-refractivity contribution in [1.82, 2.24) is 10.2 Å². The van der Waals surface area contributed by atoms with Gasteiger partial charge in [-0.15, -0.1) is 0 Å². The number of carbonyl (C=O) groups is 1. The summed E-state index contributed by atoms with van der Waals surface area (Å²) in [5, 5.41) is 6.08. The number of benzene rings is 3. The van der Waals surface area contributed by atoms with E-state index in [1.54, 1.807) is 0 Å². The highest BCUT2D eigenvalue weighted by atomic mass is 16.5. The number of ether oxygens (including phenoxy) is 1. The summed E-state index contributed by atoms with van der Waals surface area (Å²) < 4.78 is 5.73. The summed E-state index contributed by atoms with van der Waals surface area (Å²) >= 11 is 0. The Bertz CT molecular complexity index is 968. The van der Waals surface area contributed by atoms with Crippen LogP contribution in [0.4, 0.5) is 0 Å². The van der Waals surface area contributed by atoms with Crippen molar-refractivity contribution in [3.8, 4) is 0 Å². The van der Waals surface area contributed by atoms with Gasteiger partial charge in [0.2, 0.25) is 0 Å². The SMILES string of the molecule is CC1CN(C(=O)c2ccc(CNCc3cccc4ccccc34)cc2)CC(C)O1. The fraction of sp³-hybridized carbons (Fsp3) is 0.320. The number of rotatable bonds is 5. The molecule has 4 rings (SSSR count). The number of nitrogens with zero attached hydrogens (tertiary/aromatic N) is 1. The molecule has 1 amide bonds. The minimum Gasteiger partial charge on any atom is -0.372 e. The lowest BCUT2D eigenvalue weighted by molar-refractivity contribution is -0.0586. The van der Waals surface area contributed by atoms with Gasteiger partial charge in [0, 0.05) is 31.7 Å². The van der Waals surface area contributed by atoms with Crippen molar-refractivity contribution in [3.05, 3.63) is 83.4 Å². The molecule has 1 heterocycles. The van der Waals surface area contributed by atoms with Crippen molar-refractivity contribution in [2.45, 2.75) is 39.1 Å². The molecule has 1 N–H and O–H groups in total. The minimum atomic E-state index is 0.0836. The molecule has 0 bridgehead atoms. The van der Waals surface area contributed by atoms with Gasteiger partial charge in [0.05, 0.1) is 12.2 Å². The van der Waals surface area contributed by atoms with Crippen LogP contribution in [0.3, 0.4) is 0 Å². The van der Waals surface area contributed by atoms with Crippen LogP contribution in [0, 0.1) is 0 Å². The molecule has 0 spiro atoms. The van der Waals surface area contributed by atoms with Crippen LogP contribution in [0.2, 0.25) is 0 Å². The van der Waals surface area contributed by atoms with E-state index in [-0.39, 0.29) is 18.1 Å². The summed E-state index contributed by atoms with van der Waals surface area (Å²) in [6.45, 7) is 6.91. The summed E-state index contributed by atoms with van der Waals surface area (Å²) in [5.74, 6) is 0.0854. The van der Waals surface area contributed by atoms with Gasteiger partial charge in [-0.25, -0.2) is 0 Å². The molecule has 2 atom stereocenters. The summed E-state index contributed by atoms with van der Waals surface area (Å²) in [6, 6.07) is 22.8. The van der Waals surface area contributed by atoms with E-state index < -0.39 is 0 Å². The molecule has 3 aromatic rings. The van der Waals surface area contributed by atoms with Gasteiger partial charge in [-0.3, -0.25) is 4.79 Å². The lowest BCUT2D eigenvalue weighted by Crippen LogP contribution is -2.48. The predicted octanol–water partition coefficient (Wildman–Crippen LogP) is 4.38. The van der Waals surface area contributed by atoms with Crippen molar-refractivity contribution in [3.63, 3.8) is 0 Å². The van der Waals surface area contributed by atoms with Crippen LogP contribution in [0.25, 0.3) is 10.8 Å². The lowest BCUT2D eigenvalue weighted by atomic mass is 10.0. The van der Waals surface area contributed by atoms with Crippen LogP contribution < -0.4 is 5.32 Å². The van der Waals surface area contributed by atoms with Gasteiger partial charge >= 0.3 is 0 Å². The summed E-state index contributed by atoms with van der Waals surface area (Å²) in [7, 11) is 0. The largest absolute Gasteiger partial charge is 0.372 e. The Hall–Kier alpha value is -2.69. The van der Waals surface area contributed by atoms with E-state index in [9.17, 15) is 4.79 Å². The quantitative estimate of drug-likeness (QED) is 0.705. The zero-order chi connectivity index (χ0) is 20.2. The Labute approximate surface area is 172 Å². The predicted molar refractivity (Wildman–Crippen MR) is 117 cm³/mol. The summed E-state index contributed by atoms with van der Waals surface area (Å²) in [4.78, 5) is 14.7. The van der Waals surface area contributed by atoms with E-state index in [2.05, 4.69) is 47.8 Å². The molecule has 0 saturated carbocycles. The molecule has 2 unspecified atom stereocenters. The van der Waals surface area contributed by atoms with Crippen LogP contribution in [0.5, 0.6) is 0 Å². The van der Waals surface area contributed by atoms with Crippen molar-refractivity contribution in [1.29, 1.82) is 0 Å². The third kappa shape index (κ3) is 4.66. The molecule has 1 aliphatic heterocycles. The Balaban J connectivity index is 1.35. The first-order valence-electron chi connectivity index (χ1n) is 10.3. The molecule has 3 aromatic carbocycles. The van der Waals surface area contributed by atoms with Crippen molar-refractivity contribution < 1.29 is 9.53 Å². The van der Waals surface area contributed by atoms with Gasteiger partial charge in [-0.2, -0.15) is 0 Å². The normalized spacial score (nSPS) is 19.4. The van der Waals surface area contributed by atoms with Gasteiger partial charge in [-0.05, 0) is 47.9 Å². The van der Waals surface area contributed by atoms with E-state index in [0.717, 1.165) is 18.7 Å². The van der Waals surface area contributed by atoms with Gasteiger partial charge in [0.15, 0.2) is 0 Å². The molecule has 1 saturated heterocycles. The van der Waals surface area contributed by atoms with Crippen molar-refractivity contribution >= 4 is 16.7 Å². The maximum absolute atomic E-state index is 12.8. The molecule has 150 valence electrons. The highest BCUT2D eigenvalue weighted by Gasteiger charge is 2.26. The highest BCUT2D eigenvalue weighted by molar-refractivity contribution is 5.94. The van der Waals surface area contributed by atoms with E-state index in [0.29, 0.717) is 13.1 Å². The molecular formula is C25H28N2O2. The fourth-order valence-corrected chi connectivity index (χ4v) is 4.08. The van der Waals surface area contributed by atoms with Crippen molar-refractivity contribution in [2.75, 3.05) is 13.1 Å². The average molecular weight is 389 g/mol. The topological polar surface area (TPSA) is 41.6 Å². The van der Waals surface area contributed by atoms with Crippen LogP contribution in [-0.4, -0.2) is 36.1 Å². The Morgan fingerprint density at radius 1 is 0.931 bits per heavy atom. The van der Waals surface area contributed by atoms with Crippen LogP contribution in [0.15, 0.2) is 66.7 Å². The Kier molecular flexibility index (Phi) is 5.93. The van der Waals surface area contributed by atoms with E-state index >= 15 is 0 Å². The van der Waals surface area contributed by atoms with Gasteiger partial charge in [-0.1, -0.05) is 54.6 Å². The van der Waals surface area contributed by atoms with Gasteiger partial charge < -0.3 is 15.0 Å². The fourth-order valence-electron chi connectivity index (χ4n) is 4.08. The van der Waals surface area contributed by atoms with Gasteiger partial charge in [0.25, 0.3) is 5.91 Å². The highest BCUT2D eigenvalue weighted by Crippen LogP contribution is 2.19. The number of carbonyl (C=O) groups excluding carboxylic acids is 1. The van der Waals surface area contributed by atoms with E-state index in [1.807, 2.05) is 43.0 Å². The lowest BCUT2D eigenvalue weighted by Gasteiger charge is -2.35. The number of nitrogens with one attached hydrogen (secondary N) is 1. The third-order valence-corrected chi connectivity index (χ3v) is 5.43. The number of amides is 1. The second-order valence-corrected chi connectivity index (χ2v) is 7.91. The Morgan fingerprint density at radius 2 is 1.62 bits per heavy atom. The molecule has 1 fully saturated rings. The number of hydrogen-bond acceptors (Lipinski definition) is 3. The first-order valence-corrected chi connectivity index (χ1v) is 10.3. The first kappa shape index (κ1) is 19.6. The molecule has 29 heavy (non-hydrogen) atoms. The zero-order valence-corrected chi connectivity index (χ0v) is 17.1. The summed E-state index contributed by atoms with van der Waals surface area (Å²) in [6.07, 6.45) is 0.167. The average Bonchev–Trinajstić information content (AvgIpc) is 2.73. The Morgan fingerprint density at radius 3 is 2.38 bits per heavy atom. The molecular weight excluding hydrogens is 360 g/mol. The van der Waals surface area contributed by atoms with E-state index in [1.165, 1.54) is 21.9 Å².